The maximum absolute atomic E-state index is 12.2. The first-order chi connectivity index (χ1) is 12.5. The lowest BCUT2D eigenvalue weighted by atomic mass is 10.1. The molecule has 0 fully saturated rings. The molecule has 0 aliphatic rings. The van der Waals surface area contributed by atoms with Crippen LogP contribution < -0.4 is 10.3 Å². The molecule has 0 saturated heterocycles. The molecular weight excluding hydrogens is 350 g/mol. The number of pyridine rings is 1. The van der Waals surface area contributed by atoms with Gasteiger partial charge in [0.2, 0.25) is 5.56 Å². The number of H-pyrrole nitrogens is 1. The average molecular weight is 371 g/mol. The first-order valence-electron chi connectivity index (χ1n) is 8.50. The van der Waals surface area contributed by atoms with Crippen molar-refractivity contribution in [2.45, 2.75) is 24.7 Å². The molecule has 0 atom stereocenters. The van der Waals surface area contributed by atoms with Crippen LogP contribution in [0.25, 0.3) is 10.9 Å². The highest BCUT2D eigenvalue weighted by Gasteiger charge is 2.13. The summed E-state index contributed by atoms with van der Waals surface area (Å²) in [6.45, 7) is 2.33. The fourth-order valence-electron chi connectivity index (χ4n) is 2.82. The summed E-state index contributed by atoms with van der Waals surface area (Å²) in [6.07, 6.45) is 1.19. The SMILES string of the molecule is Cc1cc(=O)[nH]c2ccc(OCCCCS(=O)(=O)c3ccccc3)cc12. The molecule has 0 amide bonds. The average Bonchev–Trinajstić information content (AvgIpc) is 2.62. The third-order valence-corrected chi connectivity index (χ3v) is 6.02. The fraction of sp³-hybridized carbons (Fsp3) is 0.250. The van der Waals surface area contributed by atoms with E-state index in [-0.39, 0.29) is 11.3 Å². The van der Waals surface area contributed by atoms with Gasteiger partial charge in [0.05, 0.1) is 17.3 Å². The summed E-state index contributed by atoms with van der Waals surface area (Å²) in [5, 5.41) is 0.939. The number of hydrogen-bond donors (Lipinski definition) is 1. The Morgan fingerprint density at radius 3 is 2.54 bits per heavy atom. The van der Waals surface area contributed by atoms with Gasteiger partial charge in [-0.05, 0) is 55.7 Å². The molecule has 3 rings (SSSR count). The number of benzene rings is 2. The zero-order valence-corrected chi connectivity index (χ0v) is 15.4. The van der Waals surface area contributed by atoms with Gasteiger partial charge < -0.3 is 9.72 Å². The number of rotatable bonds is 7. The number of aromatic nitrogens is 1. The summed E-state index contributed by atoms with van der Waals surface area (Å²) in [5.74, 6) is 0.817. The summed E-state index contributed by atoms with van der Waals surface area (Å²) in [6, 6.07) is 15.6. The lowest BCUT2D eigenvalue weighted by Crippen LogP contribution is -2.08. The maximum atomic E-state index is 12.2. The predicted octanol–water partition coefficient (Wildman–Crippen LogP) is 3.47. The molecule has 0 aliphatic heterocycles. The highest BCUT2D eigenvalue weighted by Crippen LogP contribution is 2.21. The maximum Gasteiger partial charge on any atom is 0.248 e. The highest BCUT2D eigenvalue weighted by atomic mass is 32.2. The first-order valence-corrected chi connectivity index (χ1v) is 10.2. The van der Waals surface area contributed by atoms with Gasteiger partial charge in [0.15, 0.2) is 9.84 Å². The molecule has 1 aromatic heterocycles. The van der Waals surface area contributed by atoms with Crippen molar-refractivity contribution in [3.8, 4) is 5.75 Å². The summed E-state index contributed by atoms with van der Waals surface area (Å²) in [4.78, 5) is 14.6. The smallest absolute Gasteiger partial charge is 0.248 e. The number of unbranched alkanes of at least 4 members (excludes halogenated alkanes) is 1. The van der Waals surface area contributed by atoms with Crippen LogP contribution in [0, 0.1) is 6.92 Å². The van der Waals surface area contributed by atoms with E-state index in [4.69, 9.17) is 4.74 Å². The van der Waals surface area contributed by atoms with Gasteiger partial charge in [-0.3, -0.25) is 4.79 Å². The largest absolute Gasteiger partial charge is 0.494 e. The third-order valence-electron chi connectivity index (χ3n) is 4.20. The number of hydrogen-bond acceptors (Lipinski definition) is 4. The second kappa shape index (κ2) is 7.74. The van der Waals surface area contributed by atoms with Crippen LogP contribution in [0.15, 0.2) is 64.3 Å². The van der Waals surface area contributed by atoms with E-state index in [1.54, 1.807) is 42.5 Å². The first kappa shape index (κ1) is 18.2. The number of aryl methyl sites for hydroxylation is 1. The van der Waals surface area contributed by atoms with Crippen LogP contribution in [0.5, 0.6) is 5.75 Å². The molecule has 26 heavy (non-hydrogen) atoms. The van der Waals surface area contributed by atoms with Gasteiger partial charge in [0.1, 0.15) is 5.75 Å². The molecule has 3 aromatic rings. The molecule has 0 saturated carbocycles. The van der Waals surface area contributed by atoms with Gasteiger partial charge in [0, 0.05) is 17.0 Å². The van der Waals surface area contributed by atoms with Gasteiger partial charge in [-0.25, -0.2) is 8.42 Å². The molecule has 6 heteroatoms. The van der Waals surface area contributed by atoms with E-state index in [2.05, 4.69) is 4.98 Å². The summed E-state index contributed by atoms with van der Waals surface area (Å²) >= 11 is 0. The van der Waals surface area contributed by atoms with Gasteiger partial charge in [-0.1, -0.05) is 18.2 Å². The Hall–Kier alpha value is -2.60. The van der Waals surface area contributed by atoms with Crippen molar-refractivity contribution in [1.29, 1.82) is 0 Å². The monoisotopic (exact) mass is 371 g/mol. The van der Waals surface area contributed by atoms with E-state index < -0.39 is 9.84 Å². The molecule has 0 spiro atoms. The molecule has 1 heterocycles. The number of fused-ring (bicyclic) bond motifs is 1. The van der Waals surface area contributed by atoms with Crippen LogP contribution in [0.4, 0.5) is 0 Å². The number of ether oxygens (including phenoxy) is 1. The van der Waals surface area contributed by atoms with Gasteiger partial charge >= 0.3 is 0 Å². The lowest BCUT2D eigenvalue weighted by molar-refractivity contribution is 0.310. The number of aromatic amines is 1. The van der Waals surface area contributed by atoms with Crippen molar-refractivity contribution in [2.24, 2.45) is 0 Å². The zero-order valence-electron chi connectivity index (χ0n) is 14.6. The molecular formula is C20H21NO4S. The minimum Gasteiger partial charge on any atom is -0.494 e. The predicted molar refractivity (Wildman–Crippen MR) is 103 cm³/mol. The van der Waals surface area contributed by atoms with Crippen LogP contribution in [0.3, 0.4) is 0 Å². The normalized spacial score (nSPS) is 11.6. The summed E-state index contributed by atoms with van der Waals surface area (Å²) in [7, 11) is -3.23. The second-order valence-corrected chi connectivity index (χ2v) is 8.32. The van der Waals surface area contributed by atoms with E-state index in [1.807, 2.05) is 19.1 Å². The highest BCUT2D eigenvalue weighted by molar-refractivity contribution is 7.91. The summed E-state index contributed by atoms with van der Waals surface area (Å²) < 4.78 is 30.1. The van der Waals surface area contributed by atoms with Crippen molar-refractivity contribution in [3.05, 3.63) is 70.5 Å². The molecule has 0 radical (unpaired) electrons. The molecule has 5 nitrogen and oxygen atoms in total. The van der Waals surface area contributed by atoms with Crippen molar-refractivity contribution >= 4 is 20.7 Å². The lowest BCUT2D eigenvalue weighted by Gasteiger charge is -2.09. The van der Waals surface area contributed by atoms with Crippen molar-refractivity contribution in [1.82, 2.24) is 4.98 Å². The minimum atomic E-state index is -3.23. The number of nitrogens with one attached hydrogen (secondary N) is 1. The quantitative estimate of drug-likeness (QED) is 0.645. The standard InChI is InChI=1S/C20H21NO4S/c1-15-13-20(22)21-19-10-9-16(14-18(15)19)25-11-5-6-12-26(23,24)17-7-3-2-4-8-17/h2-4,7-10,13-14H,5-6,11-12H2,1H3,(H,21,22). The Morgan fingerprint density at radius 1 is 1.00 bits per heavy atom. The molecule has 1 N–H and O–H groups in total. The van der Waals surface area contributed by atoms with E-state index in [0.717, 1.165) is 16.5 Å². The number of sulfone groups is 1. The Kier molecular flexibility index (Phi) is 5.42. The van der Waals surface area contributed by atoms with Crippen molar-refractivity contribution < 1.29 is 13.2 Å². The molecule has 136 valence electrons. The fourth-order valence-corrected chi connectivity index (χ4v) is 4.21. The van der Waals surface area contributed by atoms with Gasteiger partial charge in [-0.2, -0.15) is 0 Å². The zero-order chi connectivity index (χ0) is 18.6. The Balaban J connectivity index is 1.54. The Morgan fingerprint density at radius 2 is 1.77 bits per heavy atom. The Bertz CT molecular complexity index is 1060. The van der Waals surface area contributed by atoms with Crippen LogP contribution in [-0.2, 0) is 9.84 Å². The minimum absolute atomic E-state index is 0.110. The van der Waals surface area contributed by atoms with Crippen LogP contribution in [0.1, 0.15) is 18.4 Å². The van der Waals surface area contributed by atoms with E-state index in [0.29, 0.717) is 30.1 Å². The van der Waals surface area contributed by atoms with E-state index >= 15 is 0 Å². The molecule has 0 unspecified atom stereocenters. The molecule has 0 bridgehead atoms. The van der Waals surface area contributed by atoms with Crippen LogP contribution >= 0.6 is 0 Å². The van der Waals surface area contributed by atoms with Crippen molar-refractivity contribution in [3.63, 3.8) is 0 Å². The van der Waals surface area contributed by atoms with E-state index in [1.165, 1.54) is 0 Å². The van der Waals surface area contributed by atoms with Crippen molar-refractivity contribution in [2.75, 3.05) is 12.4 Å². The Labute approximate surface area is 152 Å². The van der Waals surface area contributed by atoms with E-state index in [9.17, 15) is 13.2 Å². The topological polar surface area (TPSA) is 76.2 Å². The van der Waals surface area contributed by atoms with Gasteiger partial charge in [-0.15, -0.1) is 0 Å². The van der Waals surface area contributed by atoms with Gasteiger partial charge in [0.25, 0.3) is 0 Å². The van der Waals surface area contributed by atoms with Crippen LogP contribution in [0.2, 0.25) is 0 Å². The third kappa shape index (κ3) is 4.32. The molecule has 0 aliphatic carbocycles. The summed E-state index contributed by atoms with van der Waals surface area (Å²) in [5.41, 5.74) is 1.54. The molecule has 2 aromatic carbocycles. The van der Waals surface area contributed by atoms with Crippen LogP contribution in [-0.4, -0.2) is 25.8 Å². The second-order valence-electron chi connectivity index (χ2n) is 6.21.